The molecular formula is C14H19NO2. The zero-order valence-corrected chi connectivity index (χ0v) is 10.7. The topological polar surface area (TPSA) is 38.3 Å². The maximum absolute atomic E-state index is 12.3. The van der Waals surface area contributed by atoms with E-state index in [4.69, 9.17) is 4.74 Å². The van der Waals surface area contributed by atoms with Crippen molar-refractivity contribution in [3.8, 4) is 5.75 Å². The fraction of sp³-hybridized carbons (Fsp3) is 0.500. The van der Waals surface area contributed by atoms with Crippen LogP contribution < -0.4 is 10.1 Å². The van der Waals surface area contributed by atoms with Crippen LogP contribution >= 0.6 is 0 Å². The molecule has 0 aromatic heterocycles. The van der Waals surface area contributed by atoms with Gasteiger partial charge in [-0.1, -0.05) is 0 Å². The van der Waals surface area contributed by atoms with E-state index in [1.165, 1.54) is 0 Å². The van der Waals surface area contributed by atoms with Crippen molar-refractivity contribution in [2.24, 2.45) is 0 Å². The van der Waals surface area contributed by atoms with Crippen molar-refractivity contribution in [2.45, 2.75) is 32.2 Å². The lowest BCUT2D eigenvalue weighted by Crippen LogP contribution is -2.44. The van der Waals surface area contributed by atoms with Crippen LogP contribution in [-0.2, 0) is 6.42 Å². The lowest BCUT2D eigenvalue weighted by atomic mass is 9.91. The second-order valence-corrected chi connectivity index (χ2v) is 4.98. The van der Waals surface area contributed by atoms with Crippen molar-refractivity contribution in [3.63, 3.8) is 0 Å². The molecule has 0 atom stereocenters. The van der Waals surface area contributed by atoms with E-state index >= 15 is 0 Å². The van der Waals surface area contributed by atoms with E-state index in [1.54, 1.807) is 7.05 Å². The SMILES string of the molecule is CNC(C)(C)C(=O)c1ccc2c(c1)CCCO2. The molecule has 3 nitrogen and oxygen atoms in total. The number of hydrogen-bond acceptors (Lipinski definition) is 3. The number of ketones is 1. The monoisotopic (exact) mass is 233 g/mol. The summed E-state index contributed by atoms with van der Waals surface area (Å²) in [6.45, 7) is 4.57. The van der Waals surface area contributed by atoms with Crippen molar-refractivity contribution in [2.75, 3.05) is 13.7 Å². The predicted octanol–water partition coefficient (Wildman–Crippen LogP) is 2.19. The molecular weight excluding hydrogens is 214 g/mol. The van der Waals surface area contributed by atoms with Gasteiger partial charge in [0.15, 0.2) is 5.78 Å². The van der Waals surface area contributed by atoms with Gasteiger partial charge in [-0.25, -0.2) is 0 Å². The van der Waals surface area contributed by atoms with Gasteiger partial charge in [0.2, 0.25) is 0 Å². The first-order valence-electron chi connectivity index (χ1n) is 6.04. The second-order valence-electron chi connectivity index (χ2n) is 4.98. The normalized spacial score (nSPS) is 15.0. The molecule has 1 aliphatic heterocycles. The molecule has 92 valence electrons. The van der Waals surface area contributed by atoms with Crippen LogP contribution in [0.25, 0.3) is 0 Å². The van der Waals surface area contributed by atoms with Crippen molar-refractivity contribution in [1.82, 2.24) is 5.32 Å². The van der Waals surface area contributed by atoms with Gasteiger partial charge in [-0.15, -0.1) is 0 Å². The van der Waals surface area contributed by atoms with Gasteiger partial charge in [-0.05, 0) is 57.5 Å². The summed E-state index contributed by atoms with van der Waals surface area (Å²) in [5.41, 5.74) is 1.38. The summed E-state index contributed by atoms with van der Waals surface area (Å²) in [4.78, 5) is 12.3. The first kappa shape index (κ1) is 12.1. The molecule has 0 spiro atoms. The van der Waals surface area contributed by atoms with Gasteiger partial charge in [0.1, 0.15) is 5.75 Å². The summed E-state index contributed by atoms with van der Waals surface area (Å²) in [5, 5.41) is 3.04. The number of nitrogens with one attached hydrogen (secondary N) is 1. The number of carbonyl (C=O) groups is 1. The fourth-order valence-electron chi connectivity index (χ4n) is 1.98. The third-order valence-corrected chi connectivity index (χ3v) is 3.36. The Morgan fingerprint density at radius 1 is 1.41 bits per heavy atom. The Kier molecular flexibility index (Phi) is 3.20. The first-order chi connectivity index (χ1) is 8.04. The van der Waals surface area contributed by atoms with E-state index in [2.05, 4.69) is 5.32 Å². The Hall–Kier alpha value is -1.35. The maximum Gasteiger partial charge on any atom is 0.182 e. The van der Waals surface area contributed by atoms with E-state index in [0.29, 0.717) is 0 Å². The third-order valence-electron chi connectivity index (χ3n) is 3.36. The van der Waals surface area contributed by atoms with Crippen molar-refractivity contribution < 1.29 is 9.53 Å². The highest BCUT2D eigenvalue weighted by atomic mass is 16.5. The lowest BCUT2D eigenvalue weighted by Gasteiger charge is -2.24. The highest BCUT2D eigenvalue weighted by molar-refractivity contribution is 6.02. The Balaban J connectivity index is 2.31. The molecule has 0 aliphatic carbocycles. The number of fused-ring (bicyclic) bond motifs is 1. The summed E-state index contributed by atoms with van der Waals surface area (Å²) >= 11 is 0. The number of likely N-dealkylation sites (N-methyl/N-ethyl adjacent to an activating group) is 1. The van der Waals surface area contributed by atoms with Crippen LogP contribution in [0.2, 0.25) is 0 Å². The summed E-state index contributed by atoms with van der Waals surface area (Å²) in [5.74, 6) is 1.04. The summed E-state index contributed by atoms with van der Waals surface area (Å²) in [7, 11) is 1.80. The highest BCUT2D eigenvalue weighted by Crippen LogP contribution is 2.26. The van der Waals surface area contributed by atoms with Gasteiger partial charge in [-0.2, -0.15) is 0 Å². The molecule has 0 radical (unpaired) electrons. The molecule has 1 N–H and O–H groups in total. The van der Waals surface area contributed by atoms with E-state index in [9.17, 15) is 4.79 Å². The number of carbonyl (C=O) groups excluding carboxylic acids is 1. The summed E-state index contributed by atoms with van der Waals surface area (Å²) < 4.78 is 5.54. The molecule has 3 heteroatoms. The molecule has 0 amide bonds. The van der Waals surface area contributed by atoms with Gasteiger partial charge in [0.05, 0.1) is 12.1 Å². The Morgan fingerprint density at radius 3 is 2.88 bits per heavy atom. The minimum absolute atomic E-state index is 0.119. The summed E-state index contributed by atoms with van der Waals surface area (Å²) in [6.07, 6.45) is 2.02. The molecule has 1 aliphatic rings. The summed E-state index contributed by atoms with van der Waals surface area (Å²) in [6, 6.07) is 5.73. The molecule has 0 unspecified atom stereocenters. The predicted molar refractivity (Wildman–Crippen MR) is 67.7 cm³/mol. The highest BCUT2D eigenvalue weighted by Gasteiger charge is 2.27. The Morgan fingerprint density at radius 2 is 2.18 bits per heavy atom. The van der Waals surface area contributed by atoms with E-state index < -0.39 is 5.54 Å². The van der Waals surface area contributed by atoms with Crippen molar-refractivity contribution in [3.05, 3.63) is 29.3 Å². The average molecular weight is 233 g/mol. The minimum Gasteiger partial charge on any atom is -0.493 e. The van der Waals surface area contributed by atoms with Crippen LogP contribution in [0.1, 0.15) is 36.2 Å². The van der Waals surface area contributed by atoms with Gasteiger partial charge < -0.3 is 10.1 Å². The molecule has 0 fully saturated rings. The standard InChI is InChI=1S/C14H19NO2/c1-14(2,15-3)13(16)11-6-7-12-10(9-11)5-4-8-17-12/h6-7,9,15H,4-5,8H2,1-3H3. The minimum atomic E-state index is -0.524. The number of ether oxygens (including phenoxy) is 1. The third kappa shape index (κ3) is 2.34. The van der Waals surface area contributed by atoms with E-state index in [-0.39, 0.29) is 5.78 Å². The molecule has 1 aromatic carbocycles. The molecule has 1 aromatic rings. The molecule has 0 bridgehead atoms. The fourth-order valence-corrected chi connectivity index (χ4v) is 1.98. The Bertz CT molecular complexity index is 438. The molecule has 17 heavy (non-hydrogen) atoms. The zero-order valence-electron chi connectivity index (χ0n) is 10.7. The van der Waals surface area contributed by atoms with Gasteiger partial charge in [-0.3, -0.25) is 4.79 Å². The van der Waals surface area contributed by atoms with Crippen molar-refractivity contribution >= 4 is 5.78 Å². The van der Waals surface area contributed by atoms with Crippen LogP contribution in [0, 0.1) is 0 Å². The largest absolute Gasteiger partial charge is 0.493 e. The van der Waals surface area contributed by atoms with Crippen molar-refractivity contribution in [1.29, 1.82) is 0 Å². The van der Waals surface area contributed by atoms with Crippen LogP contribution in [0.3, 0.4) is 0 Å². The number of Topliss-reactive ketones (excluding diaryl/α,β-unsaturated/α-hetero) is 1. The van der Waals surface area contributed by atoms with E-state index in [1.807, 2.05) is 32.0 Å². The van der Waals surface area contributed by atoms with Crippen LogP contribution in [0.15, 0.2) is 18.2 Å². The lowest BCUT2D eigenvalue weighted by molar-refractivity contribution is 0.0889. The van der Waals surface area contributed by atoms with E-state index in [0.717, 1.165) is 36.3 Å². The Labute approximate surface area is 102 Å². The molecule has 0 saturated carbocycles. The second kappa shape index (κ2) is 4.49. The van der Waals surface area contributed by atoms with Gasteiger partial charge in [0.25, 0.3) is 0 Å². The van der Waals surface area contributed by atoms with Gasteiger partial charge in [0, 0.05) is 5.56 Å². The number of hydrogen-bond donors (Lipinski definition) is 1. The molecule has 0 saturated heterocycles. The average Bonchev–Trinajstić information content (AvgIpc) is 2.37. The van der Waals surface area contributed by atoms with Gasteiger partial charge >= 0.3 is 0 Å². The first-order valence-corrected chi connectivity index (χ1v) is 6.04. The maximum atomic E-state index is 12.3. The van der Waals surface area contributed by atoms with Crippen LogP contribution in [0.5, 0.6) is 5.75 Å². The van der Waals surface area contributed by atoms with Crippen LogP contribution in [0.4, 0.5) is 0 Å². The van der Waals surface area contributed by atoms with Crippen LogP contribution in [-0.4, -0.2) is 25.0 Å². The zero-order chi connectivity index (χ0) is 12.5. The number of aryl methyl sites for hydroxylation is 1. The molecule has 2 rings (SSSR count). The number of benzene rings is 1. The number of rotatable bonds is 3. The molecule has 1 heterocycles. The smallest absolute Gasteiger partial charge is 0.182 e. The quantitative estimate of drug-likeness (QED) is 0.813.